The van der Waals surface area contributed by atoms with E-state index in [2.05, 4.69) is 42.6 Å². The molecule has 4 rings (SSSR count). The lowest BCUT2D eigenvalue weighted by Gasteiger charge is -2.35. The number of fused-ring (bicyclic) bond motifs is 2. The Bertz CT molecular complexity index is 849. The SMILES string of the molecule is CCNc1ncc(CN2[C@H]3CC[C@@H]2[C@](CC)(C(=O)NCc2cc(C)[nH]n2)C3)cn1. The van der Waals surface area contributed by atoms with Gasteiger partial charge in [-0.05, 0) is 45.6 Å². The van der Waals surface area contributed by atoms with E-state index in [1.807, 2.05) is 32.3 Å². The standard InChI is InChI=1S/C21H31N7O/c1-4-21(19(29)23-12-16-8-14(3)26-27-16)9-17-6-7-18(21)28(17)13-15-10-24-20(22-5-2)25-11-15/h8,10-11,17-18H,4-7,9,12-13H2,1-3H3,(H,23,29)(H,26,27)(H,22,24,25)/t17-,18+,21+/m0/s1. The van der Waals surface area contributed by atoms with Crippen molar-refractivity contribution in [3.63, 3.8) is 0 Å². The van der Waals surface area contributed by atoms with Crippen molar-refractivity contribution in [1.82, 2.24) is 30.4 Å². The van der Waals surface area contributed by atoms with Crippen LogP contribution in [0.25, 0.3) is 0 Å². The molecule has 2 aliphatic heterocycles. The first kappa shape index (κ1) is 19.8. The second-order valence-electron chi connectivity index (χ2n) is 8.30. The van der Waals surface area contributed by atoms with Crippen LogP contribution >= 0.6 is 0 Å². The number of carbonyl (C=O) groups is 1. The van der Waals surface area contributed by atoms with Crippen LogP contribution in [0.1, 0.15) is 56.5 Å². The van der Waals surface area contributed by atoms with Crippen LogP contribution in [-0.2, 0) is 17.9 Å². The molecule has 0 spiro atoms. The lowest BCUT2D eigenvalue weighted by molar-refractivity contribution is -0.133. The number of H-pyrrole nitrogens is 1. The van der Waals surface area contributed by atoms with Crippen molar-refractivity contribution in [2.45, 2.75) is 71.6 Å². The zero-order chi connectivity index (χ0) is 20.4. The topological polar surface area (TPSA) is 98.8 Å². The molecule has 2 aromatic rings. The number of rotatable bonds is 8. The minimum atomic E-state index is -0.321. The summed E-state index contributed by atoms with van der Waals surface area (Å²) < 4.78 is 0. The van der Waals surface area contributed by atoms with Crippen molar-refractivity contribution in [3.8, 4) is 0 Å². The molecule has 0 aliphatic carbocycles. The summed E-state index contributed by atoms with van der Waals surface area (Å²) in [5.74, 6) is 0.827. The van der Waals surface area contributed by atoms with Crippen molar-refractivity contribution in [2.75, 3.05) is 11.9 Å². The van der Waals surface area contributed by atoms with Crippen LogP contribution in [-0.4, -0.2) is 49.6 Å². The number of anilines is 1. The zero-order valence-corrected chi connectivity index (χ0v) is 17.5. The molecule has 2 aromatic heterocycles. The second kappa shape index (κ2) is 8.10. The molecule has 2 aliphatic rings. The minimum absolute atomic E-state index is 0.164. The average Bonchev–Trinajstić information content (AvgIpc) is 3.41. The predicted octanol–water partition coefficient (Wildman–Crippen LogP) is 2.39. The van der Waals surface area contributed by atoms with Gasteiger partial charge in [0.15, 0.2) is 0 Å². The maximum atomic E-state index is 13.3. The highest BCUT2D eigenvalue weighted by molar-refractivity contribution is 5.84. The number of aryl methyl sites for hydroxylation is 1. The number of aromatic nitrogens is 4. The third-order valence-electron chi connectivity index (χ3n) is 6.56. The first-order chi connectivity index (χ1) is 14.1. The van der Waals surface area contributed by atoms with Gasteiger partial charge in [0.25, 0.3) is 0 Å². The summed E-state index contributed by atoms with van der Waals surface area (Å²) in [4.78, 5) is 24.6. The van der Waals surface area contributed by atoms with Gasteiger partial charge in [-0.3, -0.25) is 14.8 Å². The van der Waals surface area contributed by atoms with Crippen LogP contribution in [0.15, 0.2) is 18.5 Å². The van der Waals surface area contributed by atoms with Crippen LogP contribution in [0.2, 0.25) is 0 Å². The maximum absolute atomic E-state index is 13.3. The van der Waals surface area contributed by atoms with E-state index in [1.54, 1.807) is 0 Å². The Kier molecular flexibility index (Phi) is 5.54. The number of amides is 1. The summed E-state index contributed by atoms with van der Waals surface area (Å²) in [6.45, 7) is 8.22. The number of nitrogens with one attached hydrogen (secondary N) is 3. The van der Waals surface area contributed by atoms with Gasteiger partial charge in [-0.15, -0.1) is 0 Å². The van der Waals surface area contributed by atoms with Crippen molar-refractivity contribution >= 4 is 11.9 Å². The molecule has 0 radical (unpaired) electrons. The molecule has 2 fully saturated rings. The van der Waals surface area contributed by atoms with E-state index in [1.165, 1.54) is 0 Å². The van der Waals surface area contributed by atoms with E-state index in [4.69, 9.17) is 0 Å². The molecule has 0 aromatic carbocycles. The highest BCUT2D eigenvalue weighted by atomic mass is 16.2. The fraction of sp³-hybridized carbons (Fsp3) is 0.619. The molecule has 2 bridgehead atoms. The molecule has 0 unspecified atom stereocenters. The van der Waals surface area contributed by atoms with Crippen molar-refractivity contribution < 1.29 is 4.79 Å². The van der Waals surface area contributed by atoms with Gasteiger partial charge in [0.05, 0.1) is 17.7 Å². The predicted molar refractivity (Wildman–Crippen MR) is 111 cm³/mol. The highest BCUT2D eigenvalue weighted by Crippen LogP contribution is 2.52. The van der Waals surface area contributed by atoms with Crippen LogP contribution in [0.4, 0.5) is 5.95 Å². The van der Waals surface area contributed by atoms with E-state index in [0.29, 0.717) is 18.5 Å². The molecular formula is C21H31N7O. The Morgan fingerprint density at radius 2 is 2.10 bits per heavy atom. The van der Waals surface area contributed by atoms with Crippen molar-refractivity contribution in [2.24, 2.45) is 5.41 Å². The summed E-state index contributed by atoms with van der Waals surface area (Å²) in [6.07, 6.45) is 7.81. The average molecular weight is 398 g/mol. The quantitative estimate of drug-likeness (QED) is 0.633. The van der Waals surface area contributed by atoms with Crippen LogP contribution in [0.5, 0.6) is 0 Å². The Labute approximate surface area is 171 Å². The van der Waals surface area contributed by atoms with Gasteiger partial charge in [0.2, 0.25) is 11.9 Å². The Morgan fingerprint density at radius 3 is 2.76 bits per heavy atom. The van der Waals surface area contributed by atoms with Crippen molar-refractivity contribution in [1.29, 1.82) is 0 Å². The summed E-state index contributed by atoms with van der Waals surface area (Å²) in [7, 11) is 0. The third kappa shape index (κ3) is 3.73. The molecule has 3 N–H and O–H groups in total. The molecule has 1 amide bonds. The minimum Gasteiger partial charge on any atom is -0.355 e. The molecular weight excluding hydrogens is 366 g/mol. The van der Waals surface area contributed by atoms with Gasteiger partial charge in [-0.2, -0.15) is 5.10 Å². The fourth-order valence-corrected chi connectivity index (χ4v) is 5.14. The third-order valence-corrected chi connectivity index (χ3v) is 6.56. The molecule has 2 saturated heterocycles. The summed E-state index contributed by atoms with van der Waals surface area (Å²) in [5, 5.41) is 13.4. The Balaban J connectivity index is 1.44. The molecule has 3 atom stereocenters. The van der Waals surface area contributed by atoms with Crippen molar-refractivity contribution in [3.05, 3.63) is 35.4 Å². The van der Waals surface area contributed by atoms with E-state index < -0.39 is 0 Å². The molecule has 8 heteroatoms. The number of hydrogen-bond acceptors (Lipinski definition) is 6. The maximum Gasteiger partial charge on any atom is 0.228 e. The molecule has 29 heavy (non-hydrogen) atoms. The monoisotopic (exact) mass is 397 g/mol. The van der Waals surface area contributed by atoms with Crippen LogP contribution in [0.3, 0.4) is 0 Å². The first-order valence-electron chi connectivity index (χ1n) is 10.7. The largest absolute Gasteiger partial charge is 0.355 e. The Morgan fingerprint density at radius 1 is 1.31 bits per heavy atom. The van der Waals surface area contributed by atoms with E-state index in [-0.39, 0.29) is 17.4 Å². The van der Waals surface area contributed by atoms with Gasteiger partial charge in [0.1, 0.15) is 0 Å². The zero-order valence-electron chi connectivity index (χ0n) is 17.5. The number of carbonyl (C=O) groups excluding carboxylic acids is 1. The summed E-state index contributed by atoms with van der Waals surface area (Å²) in [5.41, 5.74) is 2.66. The number of nitrogens with zero attached hydrogens (tertiary/aromatic N) is 4. The summed E-state index contributed by atoms with van der Waals surface area (Å²) >= 11 is 0. The van der Waals surface area contributed by atoms with Gasteiger partial charge in [-0.1, -0.05) is 6.92 Å². The fourth-order valence-electron chi connectivity index (χ4n) is 5.14. The summed E-state index contributed by atoms with van der Waals surface area (Å²) in [6, 6.07) is 2.70. The highest BCUT2D eigenvalue weighted by Gasteiger charge is 2.58. The number of aromatic amines is 1. The first-order valence-corrected chi connectivity index (χ1v) is 10.7. The van der Waals surface area contributed by atoms with Crippen LogP contribution in [0, 0.1) is 12.3 Å². The second-order valence-corrected chi connectivity index (χ2v) is 8.30. The molecule has 8 nitrogen and oxygen atoms in total. The van der Waals surface area contributed by atoms with Gasteiger partial charge < -0.3 is 10.6 Å². The Hall–Kier alpha value is -2.48. The molecule has 4 heterocycles. The van der Waals surface area contributed by atoms with Crippen LogP contribution < -0.4 is 10.6 Å². The lowest BCUT2D eigenvalue weighted by atomic mass is 9.71. The van der Waals surface area contributed by atoms with Gasteiger partial charge >= 0.3 is 0 Å². The smallest absolute Gasteiger partial charge is 0.228 e. The number of hydrogen-bond donors (Lipinski definition) is 3. The normalized spacial score (nSPS) is 26.0. The molecule has 0 saturated carbocycles. The van der Waals surface area contributed by atoms with E-state index in [9.17, 15) is 4.79 Å². The molecule has 156 valence electrons. The van der Waals surface area contributed by atoms with E-state index in [0.717, 1.165) is 55.7 Å². The lowest BCUT2D eigenvalue weighted by Crippen LogP contribution is -2.48. The van der Waals surface area contributed by atoms with Gasteiger partial charge in [-0.25, -0.2) is 9.97 Å². The van der Waals surface area contributed by atoms with E-state index >= 15 is 0 Å². The van der Waals surface area contributed by atoms with Gasteiger partial charge in [0, 0.05) is 48.8 Å².